The van der Waals surface area contributed by atoms with E-state index in [1.165, 1.54) is 17.5 Å². The van der Waals surface area contributed by atoms with Gasteiger partial charge in [-0.25, -0.2) is 0 Å². The zero-order chi connectivity index (χ0) is 16.7. The summed E-state index contributed by atoms with van der Waals surface area (Å²) >= 11 is 0. The van der Waals surface area contributed by atoms with Crippen LogP contribution >= 0.6 is 0 Å². The molecule has 23 heavy (non-hydrogen) atoms. The van der Waals surface area contributed by atoms with Crippen LogP contribution in [0, 0.1) is 5.92 Å². The quantitative estimate of drug-likeness (QED) is 0.773. The number of likely N-dealkylation sites (N-methyl/N-ethyl adjacent to an activating group) is 1. The molecular formula is C19H31N3O. The molecule has 0 radical (unpaired) electrons. The Morgan fingerprint density at radius 2 is 2.09 bits per heavy atom. The lowest BCUT2D eigenvalue weighted by atomic mass is 10.0. The third-order valence-corrected chi connectivity index (χ3v) is 4.83. The molecule has 2 N–H and O–H groups in total. The number of carbonyl (C=O) groups excluding carboxylic acids is 1. The molecule has 1 aromatic carbocycles. The highest BCUT2D eigenvalue weighted by molar-refractivity contribution is 5.75. The minimum atomic E-state index is 0.175. The lowest BCUT2D eigenvalue weighted by Crippen LogP contribution is -2.34. The molecule has 0 bridgehead atoms. The van der Waals surface area contributed by atoms with Gasteiger partial charge < -0.3 is 15.5 Å². The summed E-state index contributed by atoms with van der Waals surface area (Å²) in [5.74, 6) is 0.848. The maximum absolute atomic E-state index is 12.1. The number of carbonyl (C=O) groups is 1. The molecule has 1 aromatic rings. The van der Waals surface area contributed by atoms with Crippen LogP contribution in [-0.2, 0) is 11.2 Å². The molecule has 4 nitrogen and oxygen atoms in total. The summed E-state index contributed by atoms with van der Waals surface area (Å²) in [7, 11) is 4.13. The molecule has 1 heterocycles. The molecule has 2 rings (SSSR count). The topological polar surface area (TPSA) is 44.4 Å². The Morgan fingerprint density at radius 3 is 2.65 bits per heavy atom. The average molecular weight is 317 g/mol. The molecule has 128 valence electrons. The van der Waals surface area contributed by atoms with Crippen molar-refractivity contribution < 1.29 is 4.79 Å². The van der Waals surface area contributed by atoms with Gasteiger partial charge in [0.05, 0.1) is 6.04 Å². The number of hydrogen-bond acceptors (Lipinski definition) is 3. The molecule has 1 amide bonds. The predicted molar refractivity (Wildman–Crippen MR) is 95.5 cm³/mol. The van der Waals surface area contributed by atoms with Crippen molar-refractivity contribution in [2.24, 2.45) is 5.92 Å². The molecule has 2 unspecified atom stereocenters. The van der Waals surface area contributed by atoms with E-state index in [0.29, 0.717) is 18.9 Å². The standard InChI is InChI=1S/C19H31N3O/c1-4-15-5-8-17(9-6-15)18(22(2)3)14-21-19(23)10-7-16-11-12-20-13-16/h5-6,8-9,16,18,20H,4,7,10-14H2,1-3H3,(H,21,23). The van der Waals surface area contributed by atoms with Crippen LogP contribution in [0.2, 0.25) is 0 Å². The highest BCUT2D eigenvalue weighted by Gasteiger charge is 2.18. The minimum Gasteiger partial charge on any atom is -0.354 e. The second kappa shape index (κ2) is 9.04. The second-order valence-electron chi connectivity index (χ2n) is 6.78. The van der Waals surface area contributed by atoms with Gasteiger partial charge in [0, 0.05) is 13.0 Å². The maximum Gasteiger partial charge on any atom is 0.220 e. The average Bonchev–Trinajstić information content (AvgIpc) is 3.07. The zero-order valence-electron chi connectivity index (χ0n) is 14.8. The van der Waals surface area contributed by atoms with Crippen molar-refractivity contribution in [3.8, 4) is 0 Å². The smallest absolute Gasteiger partial charge is 0.220 e. The molecule has 0 spiro atoms. The van der Waals surface area contributed by atoms with E-state index < -0.39 is 0 Å². The Hall–Kier alpha value is -1.39. The summed E-state index contributed by atoms with van der Waals surface area (Å²) < 4.78 is 0. The van der Waals surface area contributed by atoms with Crippen molar-refractivity contribution in [1.82, 2.24) is 15.5 Å². The van der Waals surface area contributed by atoms with Gasteiger partial charge in [0.25, 0.3) is 0 Å². The van der Waals surface area contributed by atoms with Crippen LogP contribution in [0.5, 0.6) is 0 Å². The first-order chi connectivity index (χ1) is 11.1. The molecule has 0 aromatic heterocycles. The van der Waals surface area contributed by atoms with E-state index >= 15 is 0 Å². The van der Waals surface area contributed by atoms with Crippen LogP contribution < -0.4 is 10.6 Å². The third kappa shape index (κ3) is 5.63. The van der Waals surface area contributed by atoms with Crippen LogP contribution in [0.25, 0.3) is 0 Å². The number of amides is 1. The first kappa shape index (κ1) is 18.0. The second-order valence-corrected chi connectivity index (χ2v) is 6.78. The van der Waals surface area contributed by atoms with Crippen molar-refractivity contribution in [2.75, 3.05) is 33.7 Å². The molecule has 1 aliphatic heterocycles. The van der Waals surface area contributed by atoms with Crippen LogP contribution in [0.15, 0.2) is 24.3 Å². The van der Waals surface area contributed by atoms with E-state index in [4.69, 9.17) is 0 Å². The van der Waals surface area contributed by atoms with Crippen molar-refractivity contribution >= 4 is 5.91 Å². The summed E-state index contributed by atoms with van der Waals surface area (Å²) in [5.41, 5.74) is 2.60. The van der Waals surface area contributed by atoms with E-state index in [1.54, 1.807) is 0 Å². The van der Waals surface area contributed by atoms with Gasteiger partial charge in [0.15, 0.2) is 0 Å². The Labute approximate surface area is 140 Å². The Morgan fingerprint density at radius 1 is 1.35 bits per heavy atom. The van der Waals surface area contributed by atoms with Gasteiger partial charge in [-0.3, -0.25) is 4.79 Å². The molecule has 2 atom stereocenters. The van der Waals surface area contributed by atoms with Gasteiger partial charge in [-0.2, -0.15) is 0 Å². The number of nitrogens with zero attached hydrogens (tertiary/aromatic N) is 1. The molecule has 1 fully saturated rings. The van der Waals surface area contributed by atoms with Crippen molar-refractivity contribution in [1.29, 1.82) is 0 Å². The van der Waals surface area contributed by atoms with Gasteiger partial charge in [-0.15, -0.1) is 0 Å². The predicted octanol–water partition coefficient (Wildman–Crippen LogP) is 2.36. The maximum atomic E-state index is 12.1. The first-order valence-electron chi connectivity index (χ1n) is 8.82. The Kier molecular flexibility index (Phi) is 7.06. The highest BCUT2D eigenvalue weighted by atomic mass is 16.1. The van der Waals surface area contributed by atoms with Crippen LogP contribution in [-0.4, -0.2) is 44.5 Å². The van der Waals surface area contributed by atoms with Crippen molar-refractivity contribution in [2.45, 2.75) is 38.6 Å². The molecule has 0 saturated carbocycles. The summed E-state index contributed by atoms with van der Waals surface area (Å²) in [5, 5.41) is 6.47. The van der Waals surface area contributed by atoms with Gasteiger partial charge in [0.2, 0.25) is 5.91 Å². The van der Waals surface area contributed by atoms with Crippen LogP contribution in [0.4, 0.5) is 0 Å². The van der Waals surface area contributed by atoms with Gasteiger partial charge in [0.1, 0.15) is 0 Å². The largest absolute Gasteiger partial charge is 0.354 e. The van der Waals surface area contributed by atoms with Crippen LogP contribution in [0.3, 0.4) is 0 Å². The molecule has 1 aliphatic rings. The van der Waals surface area contributed by atoms with E-state index in [-0.39, 0.29) is 11.9 Å². The fraction of sp³-hybridized carbons (Fsp3) is 0.632. The third-order valence-electron chi connectivity index (χ3n) is 4.83. The fourth-order valence-corrected chi connectivity index (χ4v) is 3.17. The number of benzene rings is 1. The SMILES string of the molecule is CCc1ccc(C(CNC(=O)CCC2CCNC2)N(C)C)cc1. The number of hydrogen-bond donors (Lipinski definition) is 2. The zero-order valence-corrected chi connectivity index (χ0v) is 14.8. The lowest BCUT2D eigenvalue weighted by molar-refractivity contribution is -0.121. The first-order valence-corrected chi connectivity index (χ1v) is 8.82. The van der Waals surface area contributed by atoms with Gasteiger partial charge in [-0.1, -0.05) is 31.2 Å². The molecule has 1 saturated heterocycles. The van der Waals surface area contributed by atoms with Crippen molar-refractivity contribution in [3.63, 3.8) is 0 Å². The van der Waals surface area contributed by atoms with E-state index in [2.05, 4.69) is 60.8 Å². The molecule has 0 aliphatic carbocycles. The molecular weight excluding hydrogens is 286 g/mol. The van der Waals surface area contributed by atoms with Gasteiger partial charge >= 0.3 is 0 Å². The lowest BCUT2D eigenvalue weighted by Gasteiger charge is -2.25. The van der Waals surface area contributed by atoms with Crippen LogP contribution in [0.1, 0.15) is 43.4 Å². The van der Waals surface area contributed by atoms with Crippen molar-refractivity contribution in [3.05, 3.63) is 35.4 Å². The summed E-state index contributed by atoms with van der Waals surface area (Å²) in [6, 6.07) is 8.94. The molecule has 4 heteroatoms. The van der Waals surface area contributed by atoms with Gasteiger partial charge in [-0.05, 0) is 63.5 Å². The van der Waals surface area contributed by atoms with E-state index in [0.717, 1.165) is 25.9 Å². The van der Waals surface area contributed by atoms with E-state index in [1.807, 2.05) is 0 Å². The Bertz CT molecular complexity index is 478. The number of nitrogens with one attached hydrogen (secondary N) is 2. The Balaban J connectivity index is 1.82. The normalized spacial score (nSPS) is 19.0. The monoisotopic (exact) mass is 317 g/mol. The summed E-state index contributed by atoms with van der Waals surface area (Å²) in [6.07, 6.45) is 3.90. The number of aryl methyl sites for hydroxylation is 1. The van der Waals surface area contributed by atoms with E-state index in [9.17, 15) is 4.79 Å². The fourth-order valence-electron chi connectivity index (χ4n) is 3.17. The summed E-state index contributed by atoms with van der Waals surface area (Å²) in [4.78, 5) is 14.3. The minimum absolute atomic E-state index is 0.175. The summed E-state index contributed by atoms with van der Waals surface area (Å²) in [6.45, 7) is 5.00. The number of rotatable bonds is 8. The highest BCUT2D eigenvalue weighted by Crippen LogP contribution is 2.19.